The second-order valence-electron chi connectivity index (χ2n) is 7.07. The smallest absolute Gasteiger partial charge is 0.272 e. The van der Waals surface area contributed by atoms with Gasteiger partial charge in [-0.1, -0.05) is 6.07 Å². The number of hydrogen-bond acceptors (Lipinski definition) is 5. The number of β-amino-alcohol motifs (C(OH)–C–C–N with tert-alkyl or cyclic N) is 1. The van der Waals surface area contributed by atoms with Gasteiger partial charge in [0.2, 0.25) is 0 Å². The molecule has 0 saturated carbocycles. The molecule has 4 rings (SSSR count). The average Bonchev–Trinajstić information content (AvgIpc) is 3.24. The normalized spacial score (nSPS) is 25.4. The molecule has 2 aromatic heterocycles. The molecule has 0 aliphatic carbocycles. The van der Waals surface area contributed by atoms with Gasteiger partial charge in [0, 0.05) is 13.1 Å². The number of pyridine rings is 1. The summed E-state index contributed by atoms with van der Waals surface area (Å²) in [6.45, 7) is 4.00. The van der Waals surface area contributed by atoms with Crippen molar-refractivity contribution in [3.63, 3.8) is 0 Å². The second-order valence-corrected chi connectivity index (χ2v) is 7.07. The highest BCUT2D eigenvalue weighted by Gasteiger charge is 2.37. The molecule has 7 heteroatoms. The molecule has 7 nitrogen and oxygen atoms in total. The number of nitrogens with zero attached hydrogens (tertiary/aromatic N) is 4. The lowest BCUT2D eigenvalue weighted by atomic mass is 10.0. The minimum absolute atomic E-state index is 0.125. The number of hydrogen-bond donors (Lipinski definition) is 1. The van der Waals surface area contributed by atoms with Crippen LogP contribution in [0.3, 0.4) is 0 Å². The number of rotatable bonds is 3. The molecule has 0 spiro atoms. The van der Waals surface area contributed by atoms with E-state index < -0.39 is 5.60 Å². The van der Waals surface area contributed by atoms with Crippen molar-refractivity contribution in [2.24, 2.45) is 0 Å². The van der Waals surface area contributed by atoms with E-state index in [9.17, 15) is 9.90 Å². The largest absolute Gasteiger partial charge is 0.384 e. The number of carbonyl (C=O) groups excluding carboxylic acids is 1. The van der Waals surface area contributed by atoms with Crippen molar-refractivity contribution < 1.29 is 14.6 Å². The van der Waals surface area contributed by atoms with Gasteiger partial charge in [-0.05, 0) is 44.1 Å². The topological polar surface area (TPSA) is 70.3 Å². The first-order valence-corrected chi connectivity index (χ1v) is 8.89. The Balaban J connectivity index is 1.55. The molecule has 1 amide bonds. The van der Waals surface area contributed by atoms with E-state index in [1.807, 2.05) is 18.2 Å². The Bertz CT molecular complexity index is 756. The fourth-order valence-corrected chi connectivity index (χ4v) is 3.82. The molecule has 2 aliphatic rings. The molecular formula is C18H24N4O3. The molecule has 1 N–H and O–H groups in total. The van der Waals surface area contributed by atoms with Crippen LogP contribution in [0.2, 0.25) is 0 Å². The zero-order valence-corrected chi connectivity index (χ0v) is 14.3. The summed E-state index contributed by atoms with van der Waals surface area (Å²) in [5.74, 6) is -0.125. The van der Waals surface area contributed by atoms with Crippen LogP contribution in [0, 0.1) is 0 Å². The van der Waals surface area contributed by atoms with Crippen LogP contribution in [0.25, 0.3) is 5.52 Å². The summed E-state index contributed by atoms with van der Waals surface area (Å²) in [7, 11) is 0. The molecule has 2 fully saturated rings. The van der Waals surface area contributed by atoms with Crippen LogP contribution >= 0.6 is 0 Å². The van der Waals surface area contributed by atoms with E-state index in [1.54, 1.807) is 21.7 Å². The maximum absolute atomic E-state index is 13.1. The van der Waals surface area contributed by atoms with E-state index in [-0.39, 0.29) is 19.1 Å². The zero-order valence-electron chi connectivity index (χ0n) is 14.3. The number of likely N-dealkylation sites (tertiary alicyclic amines) is 1. The monoisotopic (exact) mass is 344 g/mol. The maximum Gasteiger partial charge on any atom is 0.272 e. The van der Waals surface area contributed by atoms with Gasteiger partial charge in [0.15, 0.2) is 0 Å². The summed E-state index contributed by atoms with van der Waals surface area (Å²) in [5, 5.41) is 15.3. The predicted octanol–water partition coefficient (Wildman–Crippen LogP) is 0.634. The lowest BCUT2D eigenvalue weighted by molar-refractivity contribution is -0.0524. The van der Waals surface area contributed by atoms with Gasteiger partial charge in [-0.2, -0.15) is 5.10 Å². The minimum Gasteiger partial charge on any atom is -0.384 e. The van der Waals surface area contributed by atoms with Gasteiger partial charge in [-0.3, -0.25) is 4.79 Å². The van der Waals surface area contributed by atoms with Crippen molar-refractivity contribution in [2.45, 2.75) is 18.4 Å². The van der Waals surface area contributed by atoms with Crippen LogP contribution in [0.15, 0.2) is 30.5 Å². The third kappa shape index (κ3) is 3.40. The van der Waals surface area contributed by atoms with Gasteiger partial charge >= 0.3 is 0 Å². The summed E-state index contributed by atoms with van der Waals surface area (Å²) >= 11 is 0. The van der Waals surface area contributed by atoms with Crippen molar-refractivity contribution in [2.75, 3.05) is 45.9 Å². The van der Waals surface area contributed by atoms with E-state index in [0.717, 1.165) is 18.6 Å². The first-order valence-electron chi connectivity index (χ1n) is 8.89. The third-order valence-corrected chi connectivity index (χ3v) is 5.01. The van der Waals surface area contributed by atoms with E-state index in [4.69, 9.17) is 4.74 Å². The lowest BCUT2D eigenvalue weighted by Gasteiger charge is -2.34. The second kappa shape index (κ2) is 6.74. The lowest BCUT2D eigenvalue weighted by Crippen LogP contribution is -2.53. The molecule has 4 heterocycles. The molecule has 1 atom stereocenters. The Kier molecular flexibility index (Phi) is 4.45. The molecule has 25 heavy (non-hydrogen) atoms. The van der Waals surface area contributed by atoms with Crippen molar-refractivity contribution in [3.05, 3.63) is 36.2 Å². The molecule has 0 aromatic carbocycles. The molecule has 0 radical (unpaired) electrons. The third-order valence-electron chi connectivity index (χ3n) is 5.01. The Morgan fingerprint density at radius 1 is 1.24 bits per heavy atom. The van der Waals surface area contributed by atoms with Gasteiger partial charge in [-0.15, -0.1) is 0 Å². The molecule has 0 bridgehead atoms. The predicted molar refractivity (Wildman–Crippen MR) is 92.5 cm³/mol. The highest BCUT2D eigenvalue weighted by atomic mass is 16.5. The van der Waals surface area contributed by atoms with E-state index in [2.05, 4.69) is 10.00 Å². The summed E-state index contributed by atoms with van der Waals surface area (Å²) < 4.78 is 7.26. The number of carbonyl (C=O) groups is 1. The standard InChI is InChI=1S/C18H24N4O3/c23-17(16-5-3-4-15-6-7-19-22(15)16)21-10-11-25-14-18(24,13-21)12-20-8-1-2-9-20/h3-7,24H,1-2,8-14H2. The number of aliphatic hydroxyl groups is 1. The van der Waals surface area contributed by atoms with Gasteiger partial charge < -0.3 is 19.6 Å². The first-order chi connectivity index (χ1) is 12.1. The highest BCUT2D eigenvalue weighted by molar-refractivity contribution is 5.93. The summed E-state index contributed by atoms with van der Waals surface area (Å²) in [6.07, 6.45) is 4.02. The van der Waals surface area contributed by atoms with Gasteiger partial charge in [0.1, 0.15) is 11.3 Å². The number of aromatic nitrogens is 2. The van der Waals surface area contributed by atoms with Crippen LogP contribution in [-0.4, -0.2) is 82.0 Å². The fraction of sp³-hybridized carbons (Fsp3) is 0.556. The number of fused-ring (bicyclic) bond motifs is 1. The quantitative estimate of drug-likeness (QED) is 0.885. The van der Waals surface area contributed by atoms with Crippen LogP contribution in [0.5, 0.6) is 0 Å². The molecule has 1 unspecified atom stereocenters. The molecule has 2 aromatic rings. The summed E-state index contributed by atoms with van der Waals surface area (Å²) in [6, 6.07) is 7.41. The maximum atomic E-state index is 13.1. The average molecular weight is 344 g/mol. The number of amides is 1. The van der Waals surface area contributed by atoms with Gasteiger partial charge in [0.05, 0.1) is 31.5 Å². The first kappa shape index (κ1) is 16.5. The van der Waals surface area contributed by atoms with E-state index >= 15 is 0 Å². The van der Waals surface area contributed by atoms with Gasteiger partial charge in [0.25, 0.3) is 5.91 Å². The Morgan fingerprint density at radius 2 is 2.08 bits per heavy atom. The molecule has 2 aliphatic heterocycles. The molecule has 2 saturated heterocycles. The van der Waals surface area contributed by atoms with Crippen molar-refractivity contribution >= 4 is 11.4 Å². The molecular weight excluding hydrogens is 320 g/mol. The highest BCUT2D eigenvalue weighted by Crippen LogP contribution is 2.19. The zero-order chi connectivity index (χ0) is 17.3. The van der Waals surface area contributed by atoms with Crippen LogP contribution in [0.4, 0.5) is 0 Å². The fourth-order valence-electron chi connectivity index (χ4n) is 3.82. The Labute approximate surface area is 146 Å². The van der Waals surface area contributed by atoms with Crippen molar-refractivity contribution in [3.8, 4) is 0 Å². The summed E-state index contributed by atoms with van der Waals surface area (Å²) in [5.41, 5.74) is 0.353. The van der Waals surface area contributed by atoms with Crippen LogP contribution < -0.4 is 0 Å². The van der Waals surface area contributed by atoms with Crippen LogP contribution in [-0.2, 0) is 4.74 Å². The minimum atomic E-state index is -1.03. The number of ether oxygens (including phenoxy) is 1. The van der Waals surface area contributed by atoms with E-state index in [1.165, 1.54) is 12.8 Å². The van der Waals surface area contributed by atoms with Crippen molar-refractivity contribution in [1.82, 2.24) is 19.4 Å². The molecule has 134 valence electrons. The van der Waals surface area contributed by atoms with Crippen LogP contribution in [0.1, 0.15) is 23.3 Å². The summed E-state index contributed by atoms with van der Waals surface area (Å²) in [4.78, 5) is 17.0. The van der Waals surface area contributed by atoms with E-state index in [0.29, 0.717) is 25.4 Å². The Morgan fingerprint density at radius 3 is 2.92 bits per heavy atom. The van der Waals surface area contributed by atoms with Gasteiger partial charge in [-0.25, -0.2) is 4.52 Å². The Hall–Kier alpha value is -1.96. The SMILES string of the molecule is O=C(c1cccc2ccnn12)N1CCOCC(O)(CN2CCCC2)C1. The van der Waals surface area contributed by atoms with Crippen molar-refractivity contribution in [1.29, 1.82) is 0 Å².